The van der Waals surface area contributed by atoms with E-state index in [0.717, 1.165) is 43.4 Å². The smallest absolute Gasteiger partial charge is 0.0541 e. The van der Waals surface area contributed by atoms with E-state index < -0.39 is 0 Å². The number of fused-ring (bicyclic) bond motifs is 5. The van der Waals surface area contributed by atoms with E-state index in [4.69, 9.17) is 5.73 Å². The lowest BCUT2D eigenvalue weighted by Gasteiger charge is -2.24. The van der Waals surface area contributed by atoms with Gasteiger partial charge in [0.25, 0.3) is 0 Å². The van der Waals surface area contributed by atoms with Gasteiger partial charge < -0.3 is 10.3 Å². The monoisotopic (exact) mass is 953 g/mol. The Hall–Kier alpha value is -7.52. The van der Waals surface area contributed by atoms with Gasteiger partial charge in [-0.1, -0.05) is 231 Å². The molecular weight excluding hydrogens is 881 g/mol. The summed E-state index contributed by atoms with van der Waals surface area (Å²) in [7, 11) is 0. The van der Waals surface area contributed by atoms with Crippen LogP contribution in [0.4, 0.5) is 0 Å². The summed E-state index contributed by atoms with van der Waals surface area (Å²) < 4.78 is 2.36. The number of hydrogen-bond acceptors (Lipinski definition) is 1. The van der Waals surface area contributed by atoms with E-state index in [1.165, 1.54) is 94.2 Å². The minimum Gasteiger partial charge on any atom is -0.326 e. The number of para-hydroxylation sites is 1. The average molecular weight is 953 g/mol. The summed E-state index contributed by atoms with van der Waals surface area (Å²) in [4.78, 5) is 0. The second kappa shape index (κ2) is 22.9. The second-order valence-electron chi connectivity index (χ2n) is 19.7. The number of nitrogens with two attached hydrogens (primary N) is 1. The van der Waals surface area contributed by atoms with Crippen LogP contribution in [0.15, 0.2) is 224 Å². The van der Waals surface area contributed by atoms with E-state index in [1.54, 1.807) is 5.57 Å². The summed E-state index contributed by atoms with van der Waals surface area (Å²) in [5.74, 6) is 0.512. The third kappa shape index (κ3) is 10.5. The SMILES string of the molecule is CC.CC.CC(Cc1ccc(C2=CC=CCC2)cc1)c1ccc(-c2ccccc2)cc1.CC1(C)C2=C(CCC=C2)c2ccc(-c3ccc(-c4ccc5c(c4)c4ccccc4n5-c4ccc(CN)cc4)cc3)cc21. The van der Waals surface area contributed by atoms with Crippen molar-refractivity contribution in [2.24, 2.45) is 5.73 Å². The molecule has 0 amide bonds. The third-order valence-corrected chi connectivity index (χ3v) is 15.0. The van der Waals surface area contributed by atoms with Crippen LogP contribution in [0, 0.1) is 0 Å². The quantitative estimate of drug-likeness (QED) is 0.154. The largest absolute Gasteiger partial charge is 0.326 e. The van der Waals surface area contributed by atoms with E-state index in [2.05, 4.69) is 244 Å². The lowest BCUT2D eigenvalue weighted by Crippen LogP contribution is -2.16. The first-order valence-electron chi connectivity index (χ1n) is 26.9. The molecule has 1 unspecified atom stereocenters. The summed E-state index contributed by atoms with van der Waals surface area (Å²) in [6, 6.07) is 69.1. The van der Waals surface area contributed by atoms with Crippen LogP contribution in [0.1, 0.15) is 113 Å². The van der Waals surface area contributed by atoms with Gasteiger partial charge in [-0.05, 0) is 158 Å². The molecule has 2 nitrogen and oxygen atoms in total. The van der Waals surface area contributed by atoms with Crippen LogP contribution in [0.3, 0.4) is 0 Å². The fourth-order valence-corrected chi connectivity index (χ4v) is 11.0. The Morgan fingerprint density at radius 1 is 0.521 bits per heavy atom. The van der Waals surface area contributed by atoms with Crippen molar-refractivity contribution in [3.8, 4) is 39.1 Å². The highest BCUT2D eigenvalue weighted by Crippen LogP contribution is 2.51. The highest BCUT2D eigenvalue weighted by molar-refractivity contribution is 6.10. The molecule has 3 aliphatic carbocycles. The Morgan fingerprint density at radius 3 is 1.77 bits per heavy atom. The minimum absolute atomic E-state index is 0.0542. The summed E-state index contributed by atoms with van der Waals surface area (Å²) in [5.41, 5.74) is 29.8. The molecule has 0 saturated carbocycles. The normalized spacial score (nSPS) is 14.4. The Balaban J connectivity index is 0.000000183. The molecule has 1 atom stereocenters. The first-order valence-corrected chi connectivity index (χ1v) is 26.9. The lowest BCUT2D eigenvalue weighted by atomic mass is 9.79. The molecule has 2 N–H and O–H groups in total. The van der Waals surface area contributed by atoms with Crippen molar-refractivity contribution < 1.29 is 0 Å². The van der Waals surface area contributed by atoms with Gasteiger partial charge >= 0.3 is 0 Å². The molecule has 1 aromatic heterocycles. The van der Waals surface area contributed by atoms with Gasteiger partial charge in [-0.15, -0.1) is 0 Å². The van der Waals surface area contributed by atoms with Crippen molar-refractivity contribution in [1.82, 2.24) is 4.57 Å². The maximum absolute atomic E-state index is 5.86. The van der Waals surface area contributed by atoms with Crippen molar-refractivity contribution in [2.45, 2.75) is 98.4 Å². The van der Waals surface area contributed by atoms with Crippen LogP contribution in [0.2, 0.25) is 0 Å². The van der Waals surface area contributed by atoms with Crippen LogP contribution in [-0.2, 0) is 18.4 Å². The van der Waals surface area contributed by atoms with Gasteiger partial charge in [0.1, 0.15) is 0 Å². The summed E-state index contributed by atoms with van der Waals surface area (Å²) in [6.45, 7) is 15.6. The highest BCUT2D eigenvalue weighted by Gasteiger charge is 2.37. The Bertz CT molecular complexity index is 3430. The van der Waals surface area contributed by atoms with Crippen LogP contribution in [0.25, 0.3) is 72.0 Å². The van der Waals surface area contributed by atoms with Gasteiger partial charge in [0, 0.05) is 28.4 Å². The molecule has 0 bridgehead atoms. The topological polar surface area (TPSA) is 30.9 Å². The molecule has 2 heteroatoms. The van der Waals surface area contributed by atoms with Crippen LogP contribution in [-0.4, -0.2) is 4.57 Å². The second-order valence-corrected chi connectivity index (χ2v) is 19.7. The molecular formula is C71H72N2. The van der Waals surface area contributed by atoms with Crippen LogP contribution in [0.5, 0.6) is 0 Å². The molecule has 12 rings (SSSR count). The molecule has 0 aliphatic heterocycles. The molecule has 3 aliphatic rings. The van der Waals surface area contributed by atoms with Gasteiger partial charge in [-0.25, -0.2) is 0 Å². The Morgan fingerprint density at radius 2 is 1.08 bits per heavy atom. The summed E-state index contributed by atoms with van der Waals surface area (Å²) in [5, 5.41) is 2.53. The standard InChI is InChI=1S/C40H34N2.C27H26.2C2H6/c1-40(2)36-9-5-3-7-32(36)33-21-17-30(24-37(33)40)28-15-13-27(14-16-28)29-18-22-39-35(23-29)34-8-4-6-10-38(34)42(39)31-19-11-26(25-41)12-20-31;1-21(23-16-18-27(19-17-23)25-10-6-3-7-11-25)20-22-12-14-26(15-13-22)24-8-4-2-5-9-24;2*1-2/h4-6,8-24H,3,7,25,41H2,1-2H3;2-4,6-8,10-19,21H,5,9,20H2,1H3;2*1-2H3. The average Bonchev–Trinajstić information content (AvgIpc) is 3.92. The van der Waals surface area contributed by atoms with E-state index in [9.17, 15) is 0 Å². The summed E-state index contributed by atoms with van der Waals surface area (Å²) in [6.07, 6.45) is 17.0. The highest BCUT2D eigenvalue weighted by atomic mass is 15.0. The maximum Gasteiger partial charge on any atom is 0.0541 e. The number of nitrogens with zero attached hydrogens (tertiary/aromatic N) is 1. The molecule has 9 aromatic rings. The molecule has 8 aromatic carbocycles. The summed E-state index contributed by atoms with van der Waals surface area (Å²) >= 11 is 0. The zero-order valence-electron chi connectivity index (χ0n) is 44.1. The first-order chi connectivity index (χ1) is 35.8. The van der Waals surface area contributed by atoms with Crippen molar-refractivity contribution in [3.05, 3.63) is 257 Å². The molecule has 0 fully saturated rings. The molecule has 0 radical (unpaired) electrons. The van der Waals surface area contributed by atoms with Crippen molar-refractivity contribution in [2.75, 3.05) is 0 Å². The zero-order valence-corrected chi connectivity index (χ0v) is 44.1. The molecule has 366 valence electrons. The van der Waals surface area contributed by atoms with E-state index in [-0.39, 0.29) is 5.41 Å². The van der Waals surface area contributed by atoms with Gasteiger partial charge in [0.2, 0.25) is 0 Å². The van der Waals surface area contributed by atoms with Crippen molar-refractivity contribution in [1.29, 1.82) is 0 Å². The van der Waals surface area contributed by atoms with Crippen molar-refractivity contribution >= 4 is 33.0 Å². The van der Waals surface area contributed by atoms with E-state index in [0.29, 0.717) is 12.5 Å². The number of aromatic nitrogens is 1. The maximum atomic E-state index is 5.86. The fraction of sp³-hybridized carbons (Fsp3) is 0.211. The minimum atomic E-state index is 0.0542. The predicted octanol–water partition coefficient (Wildman–Crippen LogP) is 19.5. The lowest BCUT2D eigenvalue weighted by molar-refractivity contribution is 0.651. The van der Waals surface area contributed by atoms with Gasteiger partial charge in [-0.3, -0.25) is 0 Å². The Kier molecular flexibility index (Phi) is 15.8. The fourth-order valence-electron chi connectivity index (χ4n) is 11.0. The van der Waals surface area contributed by atoms with E-state index in [1.807, 2.05) is 27.7 Å². The molecule has 0 saturated heterocycles. The molecule has 73 heavy (non-hydrogen) atoms. The number of benzene rings is 8. The number of hydrogen-bond donors (Lipinski definition) is 1. The first kappa shape index (κ1) is 50.4. The molecule has 0 spiro atoms. The van der Waals surface area contributed by atoms with Crippen molar-refractivity contribution in [3.63, 3.8) is 0 Å². The number of rotatable bonds is 9. The van der Waals surface area contributed by atoms with E-state index >= 15 is 0 Å². The zero-order chi connectivity index (χ0) is 50.9. The third-order valence-electron chi connectivity index (χ3n) is 15.0. The Labute approximate surface area is 436 Å². The predicted molar refractivity (Wildman–Crippen MR) is 317 cm³/mol. The van der Waals surface area contributed by atoms with Gasteiger partial charge in [0.05, 0.1) is 11.0 Å². The van der Waals surface area contributed by atoms with Crippen LogP contribution < -0.4 is 5.73 Å². The number of allylic oxidation sites excluding steroid dienone is 8. The van der Waals surface area contributed by atoms with Gasteiger partial charge in [-0.2, -0.15) is 0 Å². The molecule has 1 heterocycles. The van der Waals surface area contributed by atoms with Crippen LogP contribution >= 0.6 is 0 Å². The van der Waals surface area contributed by atoms with Gasteiger partial charge in [0.15, 0.2) is 0 Å².